The molecule has 0 bridgehead atoms. The molecule has 0 amide bonds. The van der Waals surface area contributed by atoms with Gasteiger partial charge in [-0.3, -0.25) is 0 Å². The van der Waals surface area contributed by atoms with E-state index in [0.29, 0.717) is 18.2 Å². The molecule has 0 saturated heterocycles. The zero-order chi connectivity index (χ0) is 15.4. The van der Waals surface area contributed by atoms with Gasteiger partial charge in [0, 0.05) is 6.54 Å². The number of carboxylic acid groups (broad SMARTS) is 1. The third-order valence-corrected chi connectivity index (χ3v) is 3.35. The van der Waals surface area contributed by atoms with E-state index in [-0.39, 0.29) is 5.56 Å². The lowest BCUT2D eigenvalue weighted by atomic mass is 10.0. The average molecular weight is 287 g/mol. The Morgan fingerprint density at radius 3 is 2.38 bits per heavy atom. The molecule has 0 aliphatic carbocycles. The van der Waals surface area contributed by atoms with Gasteiger partial charge in [-0.15, -0.1) is 0 Å². The van der Waals surface area contributed by atoms with Crippen molar-refractivity contribution in [3.63, 3.8) is 0 Å². The Balaban J connectivity index is 2.04. The summed E-state index contributed by atoms with van der Waals surface area (Å²) in [4.78, 5) is 10.7. The van der Waals surface area contributed by atoms with Gasteiger partial charge in [-0.05, 0) is 35.2 Å². The second kappa shape index (κ2) is 6.39. The fourth-order valence-electron chi connectivity index (χ4n) is 2.01. The highest BCUT2D eigenvalue weighted by molar-refractivity contribution is 5.88. The van der Waals surface area contributed by atoms with E-state index in [1.54, 1.807) is 0 Å². The first kappa shape index (κ1) is 15.0. The summed E-state index contributed by atoms with van der Waals surface area (Å²) in [6.45, 7) is 4.75. The van der Waals surface area contributed by atoms with Crippen molar-refractivity contribution in [2.24, 2.45) is 0 Å². The Morgan fingerprint density at radius 1 is 1.19 bits per heavy atom. The first-order valence-corrected chi connectivity index (χ1v) is 6.83. The fraction of sp³-hybridized carbons (Fsp3) is 0.235. The average Bonchev–Trinajstić information content (AvgIpc) is 2.46. The highest BCUT2D eigenvalue weighted by Crippen LogP contribution is 2.18. The van der Waals surface area contributed by atoms with Gasteiger partial charge < -0.3 is 10.4 Å². The largest absolute Gasteiger partial charge is 0.478 e. The minimum absolute atomic E-state index is 0.0562. The third kappa shape index (κ3) is 3.81. The topological polar surface area (TPSA) is 49.3 Å². The number of nitrogens with one attached hydrogen (secondary N) is 1. The van der Waals surface area contributed by atoms with E-state index in [2.05, 4.69) is 31.3 Å². The van der Waals surface area contributed by atoms with Crippen LogP contribution in [0.3, 0.4) is 0 Å². The number of rotatable bonds is 5. The van der Waals surface area contributed by atoms with Crippen LogP contribution in [0.5, 0.6) is 0 Å². The Labute approximate surface area is 123 Å². The van der Waals surface area contributed by atoms with E-state index in [1.807, 2.05) is 12.1 Å². The number of carboxylic acids is 1. The summed E-state index contributed by atoms with van der Waals surface area (Å²) >= 11 is 0. The molecule has 0 aromatic heterocycles. The van der Waals surface area contributed by atoms with E-state index < -0.39 is 11.8 Å². The van der Waals surface area contributed by atoms with Crippen molar-refractivity contribution in [2.75, 3.05) is 5.32 Å². The second-order valence-electron chi connectivity index (χ2n) is 5.25. The summed E-state index contributed by atoms with van der Waals surface area (Å²) in [5, 5.41) is 11.8. The zero-order valence-electron chi connectivity index (χ0n) is 12.1. The summed E-state index contributed by atoms with van der Waals surface area (Å²) < 4.78 is 13.8. The van der Waals surface area contributed by atoms with Crippen LogP contribution in [-0.2, 0) is 6.54 Å². The molecule has 4 heteroatoms. The van der Waals surface area contributed by atoms with Gasteiger partial charge >= 0.3 is 5.97 Å². The molecule has 0 heterocycles. The van der Waals surface area contributed by atoms with E-state index >= 15 is 0 Å². The zero-order valence-corrected chi connectivity index (χ0v) is 12.1. The number of halogens is 1. The monoisotopic (exact) mass is 287 g/mol. The molecule has 0 unspecified atom stereocenters. The molecule has 0 atom stereocenters. The molecule has 2 rings (SSSR count). The molecule has 0 aliphatic rings. The van der Waals surface area contributed by atoms with Crippen molar-refractivity contribution in [1.82, 2.24) is 0 Å². The van der Waals surface area contributed by atoms with E-state index in [9.17, 15) is 9.18 Å². The van der Waals surface area contributed by atoms with Gasteiger partial charge in [0.1, 0.15) is 5.82 Å². The Morgan fingerprint density at radius 2 is 1.86 bits per heavy atom. The van der Waals surface area contributed by atoms with Crippen LogP contribution in [0.25, 0.3) is 0 Å². The molecule has 21 heavy (non-hydrogen) atoms. The third-order valence-electron chi connectivity index (χ3n) is 3.35. The van der Waals surface area contributed by atoms with Crippen molar-refractivity contribution in [1.29, 1.82) is 0 Å². The van der Waals surface area contributed by atoms with Gasteiger partial charge in [0.15, 0.2) is 0 Å². The van der Waals surface area contributed by atoms with Crippen LogP contribution in [0.2, 0.25) is 0 Å². The molecule has 2 aromatic carbocycles. The first-order chi connectivity index (χ1) is 9.97. The SMILES string of the molecule is CC(C)c1ccc(CNc2ccc(C(=O)O)cc2F)cc1. The van der Waals surface area contributed by atoms with Crippen LogP contribution in [0.15, 0.2) is 42.5 Å². The van der Waals surface area contributed by atoms with E-state index in [0.717, 1.165) is 11.6 Å². The molecule has 0 spiro atoms. The van der Waals surface area contributed by atoms with Gasteiger partial charge in [-0.2, -0.15) is 0 Å². The smallest absolute Gasteiger partial charge is 0.335 e. The van der Waals surface area contributed by atoms with Crippen molar-refractivity contribution in [2.45, 2.75) is 26.3 Å². The molecule has 0 aliphatic heterocycles. The molecule has 110 valence electrons. The highest BCUT2D eigenvalue weighted by Gasteiger charge is 2.08. The normalized spacial score (nSPS) is 10.7. The van der Waals surface area contributed by atoms with Crippen LogP contribution < -0.4 is 5.32 Å². The fourth-order valence-corrected chi connectivity index (χ4v) is 2.01. The standard InChI is InChI=1S/C17H18FNO2/c1-11(2)13-5-3-12(4-6-13)10-19-16-8-7-14(17(20)21)9-15(16)18/h3-9,11,19H,10H2,1-2H3,(H,20,21). The second-order valence-corrected chi connectivity index (χ2v) is 5.25. The highest BCUT2D eigenvalue weighted by atomic mass is 19.1. The van der Waals surface area contributed by atoms with Gasteiger partial charge in [0.2, 0.25) is 0 Å². The summed E-state index contributed by atoms with van der Waals surface area (Å²) in [6.07, 6.45) is 0. The first-order valence-electron chi connectivity index (χ1n) is 6.83. The van der Waals surface area contributed by atoms with Crippen LogP contribution in [0.1, 0.15) is 41.3 Å². The molecule has 2 aromatic rings. The van der Waals surface area contributed by atoms with Crippen molar-refractivity contribution >= 4 is 11.7 Å². The van der Waals surface area contributed by atoms with Crippen LogP contribution >= 0.6 is 0 Å². The van der Waals surface area contributed by atoms with Crippen LogP contribution in [0.4, 0.5) is 10.1 Å². The lowest BCUT2D eigenvalue weighted by Gasteiger charge is -2.10. The Kier molecular flexibility index (Phi) is 4.58. The molecule has 0 saturated carbocycles. The molecule has 2 N–H and O–H groups in total. The maximum Gasteiger partial charge on any atom is 0.335 e. The van der Waals surface area contributed by atoms with E-state index in [4.69, 9.17) is 5.11 Å². The van der Waals surface area contributed by atoms with Gasteiger partial charge in [0.05, 0.1) is 11.3 Å². The van der Waals surface area contributed by atoms with E-state index in [1.165, 1.54) is 17.7 Å². The molecule has 0 fully saturated rings. The minimum Gasteiger partial charge on any atom is -0.478 e. The Bertz CT molecular complexity index is 636. The number of aromatic carboxylic acids is 1. The molecular weight excluding hydrogens is 269 g/mol. The lowest BCUT2D eigenvalue weighted by molar-refractivity contribution is 0.0696. The maximum absolute atomic E-state index is 13.8. The predicted molar refractivity (Wildman–Crippen MR) is 81.2 cm³/mol. The number of carbonyl (C=O) groups is 1. The number of hydrogen-bond acceptors (Lipinski definition) is 2. The van der Waals surface area contributed by atoms with Crippen molar-refractivity contribution in [3.8, 4) is 0 Å². The predicted octanol–water partition coefficient (Wildman–Crippen LogP) is 4.26. The number of anilines is 1. The van der Waals surface area contributed by atoms with Crippen molar-refractivity contribution < 1.29 is 14.3 Å². The quantitative estimate of drug-likeness (QED) is 0.864. The van der Waals surface area contributed by atoms with Gasteiger partial charge in [0.25, 0.3) is 0 Å². The van der Waals surface area contributed by atoms with Crippen molar-refractivity contribution in [3.05, 3.63) is 65.0 Å². The van der Waals surface area contributed by atoms with Gasteiger partial charge in [-0.25, -0.2) is 9.18 Å². The maximum atomic E-state index is 13.8. The van der Waals surface area contributed by atoms with Crippen LogP contribution in [-0.4, -0.2) is 11.1 Å². The number of benzene rings is 2. The lowest BCUT2D eigenvalue weighted by Crippen LogP contribution is -2.04. The summed E-state index contributed by atoms with van der Waals surface area (Å²) in [5.74, 6) is -1.22. The summed E-state index contributed by atoms with van der Waals surface area (Å²) in [7, 11) is 0. The summed E-state index contributed by atoms with van der Waals surface area (Å²) in [5.41, 5.74) is 2.55. The molecule has 0 radical (unpaired) electrons. The molecular formula is C17H18FNO2. The summed E-state index contributed by atoms with van der Waals surface area (Å²) in [6, 6.07) is 12.0. The minimum atomic E-state index is -1.13. The van der Waals surface area contributed by atoms with Gasteiger partial charge in [-0.1, -0.05) is 38.1 Å². The number of hydrogen-bond donors (Lipinski definition) is 2. The molecule has 3 nitrogen and oxygen atoms in total. The Hall–Kier alpha value is -2.36. The van der Waals surface area contributed by atoms with Crippen LogP contribution in [0, 0.1) is 5.82 Å².